The van der Waals surface area contributed by atoms with E-state index in [1.54, 1.807) is 37.3 Å². The second-order valence-electron chi connectivity index (χ2n) is 6.60. The van der Waals surface area contributed by atoms with Gasteiger partial charge in [-0.05, 0) is 31.5 Å². The number of nitrogens with one attached hydrogen (secondary N) is 1. The summed E-state index contributed by atoms with van der Waals surface area (Å²) in [6.45, 7) is 3.05. The number of benzene rings is 2. The summed E-state index contributed by atoms with van der Waals surface area (Å²) in [7, 11) is -2.82. The van der Waals surface area contributed by atoms with Gasteiger partial charge in [-0.3, -0.25) is 4.72 Å². The maximum atomic E-state index is 13.3. The Labute approximate surface area is 179 Å². The summed E-state index contributed by atoms with van der Waals surface area (Å²) in [5.74, 6) is -1.12. The number of anilines is 1. The van der Waals surface area contributed by atoms with Crippen LogP contribution in [-0.4, -0.2) is 42.7 Å². The fourth-order valence-electron chi connectivity index (χ4n) is 2.76. The minimum absolute atomic E-state index is 0.0248. The van der Waals surface area contributed by atoms with Crippen LogP contribution in [0.4, 0.5) is 5.82 Å². The number of carbonyl (C=O) groups is 1. The van der Waals surface area contributed by atoms with Crippen LogP contribution in [0.2, 0.25) is 0 Å². The van der Waals surface area contributed by atoms with Crippen molar-refractivity contribution in [3.63, 3.8) is 0 Å². The summed E-state index contributed by atoms with van der Waals surface area (Å²) in [5.41, 5.74) is 1.62. The Morgan fingerprint density at radius 1 is 1.16 bits per heavy atom. The van der Waals surface area contributed by atoms with E-state index in [9.17, 15) is 13.2 Å². The lowest BCUT2D eigenvalue weighted by Gasteiger charge is -2.16. The molecule has 0 saturated carbocycles. The highest BCUT2D eigenvalue weighted by molar-refractivity contribution is 7.92. The first kappa shape index (κ1) is 22.0. The number of carboxylic acids is 1. The molecule has 2 N–H and O–H groups in total. The van der Waals surface area contributed by atoms with Gasteiger partial charge >= 0.3 is 5.97 Å². The van der Waals surface area contributed by atoms with Crippen molar-refractivity contribution in [1.82, 2.24) is 9.97 Å². The molecule has 0 spiro atoms. The third-order valence-electron chi connectivity index (χ3n) is 4.27. The van der Waals surface area contributed by atoms with E-state index in [0.29, 0.717) is 16.8 Å². The van der Waals surface area contributed by atoms with E-state index in [-0.39, 0.29) is 22.3 Å². The molecular weight excluding hydrogens is 422 g/mol. The Hall–Kier alpha value is -3.66. The maximum Gasteiger partial charge on any atom is 0.344 e. The van der Waals surface area contributed by atoms with E-state index >= 15 is 0 Å². The normalized spacial score (nSPS) is 12.1. The third-order valence-corrected chi connectivity index (χ3v) is 5.65. The highest BCUT2D eigenvalue weighted by Gasteiger charge is 2.24. The second kappa shape index (κ2) is 9.00. The van der Waals surface area contributed by atoms with Crippen molar-refractivity contribution in [3.8, 4) is 22.8 Å². The zero-order valence-corrected chi connectivity index (χ0v) is 17.9. The number of hydrogen-bond donors (Lipinski definition) is 2. The Morgan fingerprint density at radius 2 is 1.87 bits per heavy atom. The van der Waals surface area contributed by atoms with Gasteiger partial charge in [-0.15, -0.1) is 0 Å². The van der Waals surface area contributed by atoms with E-state index in [4.69, 9.17) is 14.6 Å². The monoisotopic (exact) mass is 443 g/mol. The lowest BCUT2D eigenvalue weighted by molar-refractivity contribution is -0.144. The molecule has 162 valence electrons. The first-order chi connectivity index (χ1) is 14.7. The van der Waals surface area contributed by atoms with Crippen LogP contribution in [0, 0.1) is 6.92 Å². The number of aliphatic carboxylic acids is 1. The molecule has 1 aromatic heterocycles. The number of hydrogen-bond acceptors (Lipinski definition) is 7. The van der Waals surface area contributed by atoms with Gasteiger partial charge < -0.3 is 14.6 Å². The predicted octanol–water partition coefficient (Wildman–Crippen LogP) is 3.11. The van der Waals surface area contributed by atoms with E-state index in [1.807, 2.05) is 6.07 Å². The lowest BCUT2D eigenvalue weighted by Crippen LogP contribution is -2.23. The van der Waals surface area contributed by atoms with Gasteiger partial charge in [0.15, 0.2) is 6.10 Å². The van der Waals surface area contributed by atoms with Crippen molar-refractivity contribution in [2.75, 3.05) is 11.8 Å². The van der Waals surface area contributed by atoms with Crippen LogP contribution in [0.3, 0.4) is 0 Å². The molecule has 2 aromatic carbocycles. The number of aromatic nitrogens is 2. The molecule has 0 aliphatic rings. The fraction of sp³-hybridized carbons (Fsp3) is 0.190. The van der Waals surface area contributed by atoms with Crippen molar-refractivity contribution in [1.29, 1.82) is 0 Å². The van der Waals surface area contributed by atoms with E-state index < -0.39 is 22.1 Å². The van der Waals surface area contributed by atoms with Crippen molar-refractivity contribution in [2.45, 2.75) is 24.8 Å². The zero-order valence-electron chi connectivity index (χ0n) is 17.1. The number of methoxy groups -OCH3 is 1. The Kier molecular flexibility index (Phi) is 6.40. The summed E-state index contributed by atoms with van der Waals surface area (Å²) in [6.07, 6.45) is 0.251. The molecule has 0 saturated heterocycles. The third kappa shape index (κ3) is 5.10. The molecule has 1 unspecified atom stereocenters. The zero-order chi connectivity index (χ0) is 22.6. The minimum atomic E-state index is -4.18. The molecule has 0 amide bonds. The first-order valence-electron chi connectivity index (χ1n) is 9.20. The highest BCUT2D eigenvalue weighted by Crippen LogP contribution is 2.33. The van der Waals surface area contributed by atoms with Gasteiger partial charge in [0.05, 0.1) is 23.9 Å². The van der Waals surface area contributed by atoms with Gasteiger partial charge in [-0.2, -0.15) is 0 Å². The van der Waals surface area contributed by atoms with Gasteiger partial charge in [-0.25, -0.2) is 23.2 Å². The summed E-state index contributed by atoms with van der Waals surface area (Å²) in [4.78, 5) is 19.2. The van der Waals surface area contributed by atoms with Gasteiger partial charge in [0.25, 0.3) is 15.9 Å². The summed E-state index contributed by atoms with van der Waals surface area (Å²) in [5, 5.41) is 9.10. The van der Waals surface area contributed by atoms with Crippen LogP contribution in [0.1, 0.15) is 12.6 Å². The Balaban J connectivity index is 2.10. The number of ether oxygens (including phenoxy) is 2. The number of carboxylic acid groups (broad SMARTS) is 1. The largest absolute Gasteiger partial charge is 0.479 e. The Bertz CT molecular complexity index is 1200. The van der Waals surface area contributed by atoms with E-state index in [0.717, 1.165) is 0 Å². The number of sulfonamides is 1. The summed E-state index contributed by atoms with van der Waals surface area (Å²) < 4.78 is 39.5. The standard InChI is InChI=1S/C21H21N3O6S/c1-13-12-22-19(20(23-13)29-3)24-31(27,28)18-11-16(30-14(2)21(25)26)9-10-17(18)15-7-5-4-6-8-15/h4-12,14H,1-3H3,(H,22,24)(H,25,26). The van der Waals surface area contributed by atoms with Crippen LogP contribution in [0.5, 0.6) is 11.6 Å². The molecule has 31 heavy (non-hydrogen) atoms. The van der Waals surface area contributed by atoms with Crippen molar-refractivity contribution >= 4 is 21.8 Å². The molecule has 0 aliphatic heterocycles. The number of rotatable bonds is 8. The molecule has 1 atom stereocenters. The number of aryl methyl sites for hydroxylation is 1. The van der Waals surface area contributed by atoms with Gasteiger partial charge in [0, 0.05) is 11.6 Å². The molecule has 0 fully saturated rings. The molecule has 9 nitrogen and oxygen atoms in total. The van der Waals surface area contributed by atoms with Crippen LogP contribution in [0.15, 0.2) is 59.6 Å². The highest BCUT2D eigenvalue weighted by atomic mass is 32.2. The molecule has 3 aromatic rings. The molecule has 0 radical (unpaired) electrons. The van der Waals surface area contributed by atoms with E-state index in [2.05, 4.69) is 14.7 Å². The molecular formula is C21H21N3O6S. The Morgan fingerprint density at radius 3 is 2.52 bits per heavy atom. The average Bonchev–Trinajstić information content (AvgIpc) is 2.75. The van der Waals surface area contributed by atoms with Crippen LogP contribution in [0.25, 0.3) is 11.1 Å². The van der Waals surface area contributed by atoms with Gasteiger partial charge in [-0.1, -0.05) is 30.3 Å². The molecule has 1 heterocycles. The number of nitrogens with zero attached hydrogens (tertiary/aromatic N) is 2. The fourth-order valence-corrected chi connectivity index (χ4v) is 4.01. The van der Waals surface area contributed by atoms with Crippen LogP contribution >= 0.6 is 0 Å². The summed E-state index contributed by atoms with van der Waals surface area (Å²) >= 11 is 0. The lowest BCUT2D eigenvalue weighted by atomic mass is 10.1. The second-order valence-corrected chi connectivity index (χ2v) is 8.25. The van der Waals surface area contributed by atoms with Crippen molar-refractivity contribution < 1.29 is 27.8 Å². The molecule has 0 aliphatic carbocycles. The van der Waals surface area contributed by atoms with E-state index in [1.165, 1.54) is 32.4 Å². The maximum absolute atomic E-state index is 13.3. The molecule has 3 rings (SSSR count). The smallest absolute Gasteiger partial charge is 0.344 e. The topological polar surface area (TPSA) is 128 Å². The van der Waals surface area contributed by atoms with Gasteiger partial charge in [0.1, 0.15) is 5.75 Å². The average molecular weight is 443 g/mol. The minimum Gasteiger partial charge on any atom is -0.479 e. The van der Waals surface area contributed by atoms with Gasteiger partial charge in [0.2, 0.25) is 5.82 Å². The first-order valence-corrected chi connectivity index (χ1v) is 10.7. The van der Waals surface area contributed by atoms with Crippen molar-refractivity contribution in [3.05, 3.63) is 60.4 Å². The van der Waals surface area contributed by atoms with Crippen LogP contribution < -0.4 is 14.2 Å². The van der Waals surface area contributed by atoms with Crippen LogP contribution in [-0.2, 0) is 14.8 Å². The SMILES string of the molecule is COc1nc(C)cnc1NS(=O)(=O)c1cc(OC(C)C(=O)O)ccc1-c1ccccc1. The molecule has 0 bridgehead atoms. The predicted molar refractivity (Wildman–Crippen MR) is 114 cm³/mol. The van der Waals surface area contributed by atoms with Crippen molar-refractivity contribution in [2.24, 2.45) is 0 Å². The quantitative estimate of drug-likeness (QED) is 0.544. The summed E-state index contributed by atoms with van der Waals surface area (Å²) in [6, 6.07) is 13.3. The molecule has 10 heteroatoms.